The lowest BCUT2D eigenvalue weighted by Crippen LogP contribution is -2.34. The first kappa shape index (κ1) is 18.6. The van der Waals surface area contributed by atoms with Crippen LogP contribution in [0.1, 0.15) is 41.6 Å². The molecule has 1 fully saturated rings. The number of nitrogens with one attached hydrogen (secondary N) is 2. The zero-order chi connectivity index (χ0) is 18.6. The van der Waals surface area contributed by atoms with E-state index in [-0.39, 0.29) is 16.4 Å². The van der Waals surface area contributed by atoms with E-state index < -0.39 is 0 Å². The molecule has 0 bridgehead atoms. The molecule has 1 aliphatic carbocycles. The number of carbonyl (C=O) groups excluding carboxylic acids is 1. The largest absolute Gasteiger partial charge is 0.332 e. The highest BCUT2D eigenvalue weighted by atomic mass is 79.9. The summed E-state index contributed by atoms with van der Waals surface area (Å²) in [7, 11) is 0. The monoisotopic (exact) mass is 427 g/mol. The first-order valence-electron chi connectivity index (χ1n) is 8.42. The van der Waals surface area contributed by atoms with Gasteiger partial charge in [0.15, 0.2) is 5.11 Å². The molecule has 0 radical (unpaired) electrons. The van der Waals surface area contributed by atoms with Gasteiger partial charge < -0.3 is 5.32 Å². The standard InChI is InChI=1S/C20H18BrN3OS/c21-16-7-3-14(4-8-16)18(25)24-19(26)23-17-9-5-15(6-10-17)20(13-22)11-1-2-12-20/h3-10H,1-2,11-12H2,(H2,23,24,25,26). The smallest absolute Gasteiger partial charge is 0.257 e. The Labute approximate surface area is 166 Å². The van der Waals surface area contributed by atoms with Crippen LogP contribution in [-0.4, -0.2) is 11.0 Å². The Balaban J connectivity index is 1.62. The van der Waals surface area contributed by atoms with Crippen LogP contribution in [0.5, 0.6) is 0 Å². The van der Waals surface area contributed by atoms with E-state index in [4.69, 9.17) is 12.2 Å². The highest BCUT2D eigenvalue weighted by Crippen LogP contribution is 2.40. The number of rotatable bonds is 3. The predicted molar refractivity (Wildman–Crippen MR) is 110 cm³/mol. The van der Waals surface area contributed by atoms with E-state index in [0.717, 1.165) is 41.4 Å². The summed E-state index contributed by atoms with van der Waals surface area (Å²) in [4.78, 5) is 12.2. The molecule has 1 amide bonds. The Hall–Kier alpha value is -2.23. The van der Waals surface area contributed by atoms with Crippen molar-refractivity contribution in [1.82, 2.24) is 5.32 Å². The molecule has 0 aromatic heterocycles. The van der Waals surface area contributed by atoms with Crippen molar-refractivity contribution >= 4 is 44.9 Å². The van der Waals surface area contributed by atoms with Crippen LogP contribution in [0.3, 0.4) is 0 Å². The second-order valence-electron chi connectivity index (χ2n) is 6.39. The van der Waals surface area contributed by atoms with Crippen molar-refractivity contribution in [2.45, 2.75) is 31.1 Å². The van der Waals surface area contributed by atoms with Gasteiger partial charge in [0.25, 0.3) is 5.91 Å². The topological polar surface area (TPSA) is 64.9 Å². The van der Waals surface area contributed by atoms with Crippen LogP contribution in [-0.2, 0) is 5.41 Å². The lowest BCUT2D eigenvalue weighted by molar-refractivity contribution is 0.0977. The molecule has 0 atom stereocenters. The van der Waals surface area contributed by atoms with E-state index in [1.165, 1.54) is 0 Å². The number of benzene rings is 2. The van der Waals surface area contributed by atoms with Gasteiger partial charge in [0.2, 0.25) is 0 Å². The SMILES string of the molecule is N#CC1(c2ccc(NC(=S)NC(=O)c3ccc(Br)cc3)cc2)CCCC1. The van der Waals surface area contributed by atoms with E-state index in [1.54, 1.807) is 24.3 Å². The van der Waals surface area contributed by atoms with Gasteiger partial charge in [-0.1, -0.05) is 40.9 Å². The van der Waals surface area contributed by atoms with Gasteiger partial charge in [-0.2, -0.15) is 5.26 Å². The summed E-state index contributed by atoms with van der Waals surface area (Å²) in [5.74, 6) is -0.263. The zero-order valence-electron chi connectivity index (χ0n) is 14.1. The molecule has 4 nitrogen and oxygen atoms in total. The minimum atomic E-state index is -0.352. The molecule has 6 heteroatoms. The van der Waals surface area contributed by atoms with Gasteiger partial charge in [-0.05, 0) is 67.0 Å². The zero-order valence-corrected chi connectivity index (χ0v) is 16.5. The maximum absolute atomic E-state index is 12.2. The number of anilines is 1. The Morgan fingerprint density at radius 3 is 2.27 bits per heavy atom. The molecule has 1 saturated carbocycles. The maximum Gasteiger partial charge on any atom is 0.257 e. The summed E-state index contributed by atoms with van der Waals surface area (Å²) in [6.07, 6.45) is 4.02. The Morgan fingerprint density at radius 1 is 1.08 bits per heavy atom. The van der Waals surface area contributed by atoms with Crippen LogP contribution in [0.25, 0.3) is 0 Å². The van der Waals surface area contributed by atoms with Crippen LogP contribution >= 0.6 is 28.1 Å². The van der Waals surface area contributed by atoms with Crippen molar-refractivity contribution in [3.63, 3.8) is 0 Å². The van der Waals surface area contributed by atoms with Gasteiger partial charge in [-0.3, -0.25) is 10.1 Å². The average Bonchev–Trinajstić information content (AvgIpc) is 3.13. The van der Waals surface area contributed by atoms with Gasteiger partial charge in [0, 0.05) is 15.7 Å². The first-order valence-corrected chi connectivity index (χ1v) is 9.62. The quantitative estimate of drug-likeness (QED) is 0.682. The molecule has 132 valence electrons. The molecule has 3 rings (SSSR count). The fraction of sp³-hybridized carbons (Fsp3) is 0.250. The molecule has 0 spiro atoms. The van der Waals surface area contributed by atoms with Gasteiger partial charge in [-0.25, -0.2) is 0 Å². The molecular weight excluding hydrogens is 410 g/mol. The van der Waals surface area contributed by atoms with Crippen molar-refractivity contribution in [2.75, 3.05) is 5.32 Å². The molecule has 1 aliphatic rings. The maximum atomic E-state index is 12.2. The van der Waals surface area contributed by atoms with Crippen LogP contribution in [0.2, 0.25) is 0 Å². The van der Waals surface area contributed by atoms with E-state index in [9.17, 15) is 10.1 Å². The van der Waals surface area contributed by atoms with Crippen LogP contribution in [0, 0.1) is 11.3 Å². The Kier molecular flexibility index (Phi) is 5.70. The fourth-order valence-electron chi connectivity index (χ4n) is 3.26. The van der Waals surface area contributed by atoms with E-state index in [2.05, 4.69) is 32.6 Å². The van der Waals surface area contributed by atoms with E-state index in [1.807, 2.05) is 24.3 Å². The molecule has 0 saturated heterocycles. The third kappa shape index (κ3) is 4.12. The molecule has 2 aromatic rings. The Morgan fingerprint density at radius 2 is 1.69 bits per heavy atom. The van der Waals surface area contributed by atoms with Crippen LogP contribution < -0.4 is 10.6 Å². The van der Waals surface area contributed by atoms with Gasteiger partial charge >= 0.3 is 0 Å². The number of nitriles is 1. The fourth-order valence-corrected chi connectivity index (χ4v) is 3.73. The van der Waals surface area contributed by atoms with Crippen LogP contribution in [0.15, 0.2) is 53.0 Å². The third-order valence-corrected chi connectivity index (χ3v) is 5.43. The van der Waals surface area contributed by atoms with Gasteiger partial charge in [-0.15, -0.1) is 0 Å². The lowest BCUT2D eigenvalue weighted by atomic mass is 9.80. The number of nitrogens with zero attached hydrogens (tertiary/aromatic N) is 1. The predicted octanol–water partition coefficient (Wildman–Crippen LogP) is 4.91. The summed E-state index contributed by atoms with van der Waals surface area (Å²) in [6, 6.07) is 17.3. The highest BCUT2D eigenvalue weighted by molar-refractivity contribution is 9.10. The summed E-state index contributed by atoms with van der Waals surface area (Å²) in [5.41, 5.74) is 2.01. The highest BCUT2D eigenvalue weighted by Gasteiger charge is 2.35. The normalized spacial score (nSPS) is 15.1. The molecule has 26 heavy (non-hydrogen) atoms. The van der Waals surface area contributed by atoms with Crippen molar-refractivity contribution in [1.29, 1.82) is 5.26 Å². The van der Waals surface area contributed by atoms with Crippen molar-refractivity contribution < 1.29 is 4.79 Å². The molecule has 2 aromatic carbocycles. The average molecular weight is 428 g/mol. The number of carbonyl (C=O) groups is 1. The van der Waals surface area contributed by atoms with E-state index in [0.29, 0.717) is 5.56 Å². The van der Waals surface area contributed by atoms with E-state index >= 15 is 0 Å². The number of halogens is 1. The second kappa shape index (κ2) is 7.98. The molecule has 0 unspecified atom stereocenters. The second-order valence-corrected chi connectivity index (χ2v) is 7.72. The van der Waals surface area contributed by atoms with Gasteiger partial charge in [0.1, 0.15) is 0 Å². The number of amides is 1. The van der Waals surface area contributed by atoms with Gasteiger partial charge in [0.05, 0.1) is 11.5 Å². The lowest BCUT2D eigenvalue weighted by Gasteiger charge is -2.21. The van der Waals surface area contributed by atoms with Crippen molar-refractivity contribution in [2.24, 2.45) is 0 Å². The first-order chi connectivity index (χ1) is 12.5. The summed E-state index contributed by atoms with van der Waals surface area (Å²) < 4.78 is 0.909. The number of hydrogen-bond donors (Lipinski definition) is 2. The molecule has 0 heterocycles. The summed E-state index contributed by atoms with van der Waals surface area (Å²) in [5, 5.41) is 15.5. The van der Waals surface area contributed by atoms with Crippen molar-refractivity contribution in [3.8, 4) is 6.07 Å². The number of hydrogen-bond acceptors (Lipinski definition) is 3. The minimum Gasteiger partial charge on any atom is -0.332 e. The number of thiocarbonyl (C=S) groups is 1. The summed E-state index contributed by atoms with van der Waals surface area (Å²) in [6.45, 7) is 0. The Bertz CT molecular complexity index is 850. The van der Waals surface area contributed by atoms with Crippen LogP contribution in [0.4, 0.5) is 5.69 Å². The molecular formula is C20H18BrN3OS. The minimum absolute atomic E-state index is 0.238. The molecule has 2 N–H and O–H groups in total. The van der Waals surface area contributed by atoms with Crippen molar-refractivity contribution in [3.05, 3.63) is 64.1 Å². The molecule has 0 aliphatic heterocycles. The summed E-state index contributed by atoms with van der Waals surface area (Å²) >= 11 is 8.56. The third-order valence-electron chi connectivity index (χ3n) is 4.70.